The maximum atomic E-state index is 14.9. The average molecular weight is 945 g/mol. The van der Waals surface area contributed by atoms with Crippen molar-refractivity contribution >= 4 is 33.4 Å². The molecule has 7 aromatic rings. The van der Waals surface area contributed by atoms with Gasteiger partial charge in [-0.25, -0.2) is 13.7 Å². The molecule has 0 heterocycles. The Balaban J connectivity index is 1.04. The number of rotatable bonds is 15. The number of carbonyl (C=O) groups excluding carboxylic acids is 2. The van der Waals surface area contributed by atoms with E-state index in [1.54, 1.807) is 54.6 Å². The summed E-state index contributed by atoms with van der Waals surface area (Å²) >= 11 is 0.729. The normalized spacial score (nSPS) is 12.1. The van der Waals surface area contributed by atoms with Crippen molar-refractivity contribution in [2.75, 3.05) is 6.26 Å². The lowest BCUT2D eigenvalue weighted by atomic mass is 9.73. The molecule has 9 nitrogen and oxygen atoms in total. The smallest absolute Gasteiger partial charge is 0.411 e. The van der Waals surface area contributed by atoms with Gasteiger partial charge in [0.1, 0.15) is 23.0 Å². The Labute approximate surface area is 378 Å². The summed E-state index contributed by atoms with van der Waals surface area (Å²) < 4.78 is 128. The first kappa shape index (κ1) is 47.2. The fourth-order valence-corrected chi connectivity index (χ4v) is 8.20. The van der Waals surface area contributed by atoms with Gasteiger partial charge >= 0.3 is 12.4 Å². The molecule has 1 N–H and O–H groups in total. The van der Waals surface area contributed by atoms with E-state index in [0.717, 1.165) is 59.3 Å². The number of hydrogen-bond acceptors (Lipinski definition) is 10. The van der Waals surface area contributed by atoms with Gasteiger partial charge in [-0.05, 0) is 126 Å². The second kappa shape index (κ2) is 19.0. The molecular formula is C49H34F6O9S2. The average Bonchev–Trinajstić information content (AvgIpc) is 3.29. The van der Waals surface area contributed by atoms with Crippen LogP contribution < -0.4 is 9.47 Å². The summed E-state index contributed by atoms with van der Waals surface area (Å²) in [5.41, 5.74) is -3.04. The van der Waals surface area contributed by atoms with Crippen molar-refractivity contribution in [2.45, 2.75) is 34.5 Å². The van der Waals surface area contributed by atoms with Gasteiger partial charge in [0.25, 0.3) is 0 Å². The zero-order chi connectivity index (χ0) is 47.4. The lowest BCUT2D eigenvalue weighted by Crippen LogP contribution is -2.54. The molecule has 0 aromatic heterocycles. The first-order valence-electron chi connectivity index (χ1n) is 19.4. The molecule has 7 rings (SSSR count). The molecule has 338 valence electrons. The van der Waals surface area contributed by atoms with Crippen LogP contribution in [0.25, 0.3) is 11.1 Å². The van der Waals surface area contributed by atoms with Crippen molar-refractivity contribution in [3.05, 3.63) is 203 Å². The molecule has 17 heteroatoms. The minimum absolute atomic E-state index is 0.0114. The number of hydrogen-bond donors (Lipinski definition) is 1. The molecule has 0 aliphatic heterocycles. The number of alkyl halides is 6. The van der Waals surface area contributed by atoms with Gasteiger partial charge in [0.15, 0.2) is 21.4 Å². The van der Waals surface area contributed by atoms with E-state index in [1.807, 2.05) is 19.1 Å². The van der Waals surface area contributed by atoms with E-state index in [9.17, 15) is 44.3 Å². The van der Waals surface area contributed by atoms with Crippen LogP contribution in [0, 0.1) is 6.92 Å². The summed E-state index contributed by atoms with van der Waals surface area (Å²) in [7, 11) is -3.52. The third kappa shape index (κ3) is 10.0. The molecule has 66 heavy (non-hydrogen) atoms. The highest BCUT2D eigenvalue weighted by molar-refractivity contribution is 7.94. The Morgan fingerprint density at radius 2 is 1.00 bits per heavy atom. The van der Waals surface area contributed by atoms with Gasteiger partial charge in [0, 0.05) is 33.4 Å². The van der Waals surface area contributed by atoms with Crippen LogP contribution in [0.4, 0.5) is 26.3 Å². The van der Waals surface area contributed by atoms with Crippen LogP contribution in [-0.4, -0.2) is 43.8 Å². The standard InChI is InChI=1S/C49H34F6O9S2/c1-30-6-7-34(29-44(30)46(57)35-4-3-5-42(28-35)65-64-63-58)31-8-10-32(11-9-31)45(56)33-12-18-38(19-13-33)61-39-20-14-36(15-21-39)47(48(50,51)52,49(53,54)55)37-16-22-40(23-17-37)62-41-24-26-43(27-25-41)66(2,59)60/h3-29,58H,1-2H3. The van der Waals surface area contributed by atoms with E-state index < -0.39 is 38.7 Å². The minimum Gasteiger partial charge on any atom is -0.457 e. The Morgan fingerprint density at radius 3 is 1.47 bits per heavy atom. The molecule has 0 saturated carbocycles. The summed E-state index contributed by atoms with van der Waals surface area (Å²) in [4.78, 5) is 27.4. The highest BCUT2D eigenvalue weighted by Crippen LogP contribution is 2.56. The molecule has 0 fully saturated rings. The Bertz CT molecular complexity index is 2960. The number of carbonyl (C=O) groups is 2. The van der Waals surface area contributed by atoms with Gasteiger partial charge in [-0.3, -0.25) is 9.59 Å². The summed E-state index contributed by atoms with van der Waals surface area (Å²) in [5, 5.41) is 12.1. The van der Waals surface area contributed by atoms with Crippen molar-refractivity contribution in [2.24, 2.45) is 0 Å². The van der Waals surface area contributed by atoms with Crippen molar-refractivity contribution in [1.29, 1.82) is 0 Å². The highest BCUT2D eigenvalue weighted by atomic mass is 32.2. The summed E-state index contributed by atoms with van der Waals surface area (Å²) in [6.07, 6.45) is -10.7. The highest BCUT2D eigenvalue weighted by Gasteiger charge is 2.72. The molecular weight excluding hydrogens is 911 g/mol. The number of benzene rings is 7. The second-order valence-corrected chi connectivity index (χ2v) is 17.6. The van der Waals surface area contributed by atoms with Gasteiger partial charge in [0.05, 0.1) is 16.9 Å². The first-order valence-corrected chi connectivity index (χ1v) is 22.1. The van der Waals surface area contributed by atoms with Crippen LogP contribution in [0.2, 0.25) is 0 Å². The minimum atomic E-state index is -5.85. The van der Waals surface area contributed by atoms with Crippen LogP contribution in [0.15, 0.2) is 174 Å². The van der Waals surface area contributed by atoms with Gasteiger partial charge in [-0.15, -0.1) is 4.33 Å². The molecule has 0 radical (unpaired) electrons. The summed E-state index contributed by atoms with van der Waals surface area (Å²) in [6, 6.07) is 36.2. The maximum absolute atomic E-state index is 14.9. The molecule has 0 unspecified atom stereocenters. The predicted octanol–water partition coefficient (Wildman–Crippen LogP) is 13.0. The molecule has 0 atom stereocenters. The van der Waals surface area contributed by atoms with E-state index in [4.69, 9.17) is 14.7 Å². The maximum Gasteiger partial charge on any atom is 0.411 e. The molecule has 0 amide bonds. The molecule has 0 aliphatic rings. The van der Waals surface area contributed by atoms with Crippen LogP contribution in [0.1, 0.15) is 48.5 Å². The van der Waals surface area contributed by atoms with Crippen LogP contribution in [0.5, 0.6) is 23.0 Å². The number of halogens is 6. The Hall–Kier alpha value is -6.76. The van der Waals surface area contributed by atoms with E-state index in [0.29, 0.717) is 45.9 Å². The van der Waals surface area contributed by atoms with Crippen molar-refractivity contribution < 1.29 is 68.5 Å². The van der Waals surface area contributed by atoms with Gasteiger partial charge in [-0.2, -0.15) is 26.3 Å². The largest absolute Gasteiger partial charge is 0.457 e. The fraction of sp³-hybridized carbons (Fsp3) is 0.102. The quantitative estimate of drug-likeness (QED) is 0.0349. The molecule has 0 spiro atoms. The SMILES string of the molecule is Cc1ccc(-c2ccc(C(=O)c3ccc(Oc4ccc(C(c5ccc(Oc6ccc(S(C)(=O)=O)cc6)cc5)(C(F)(F)F)C(F)(F)F)cc4)cc3)cc2)cc1C(=O)c1cccc(SOOO)c1. The van der Waals surface area contributed by atoms with Gasteiger partial charge in [-0.1, -0.05) is 77.8 Å². The Kier molecular flexibility index (Phi) is 13.6. The van der Waals surface area contributed by atoms with Gasteiger partial charge < -0.3 is 9.47 Å². The van der Waals surface area contributed by atoms with Crippen molar-refractivity contribution in [1.82, 2.24) is 0 Å². The van der Waals surface area contributed by atoms with Crippen LogP contribution in [0.3, 0.4) is 0 Å². The molecule has 0 bridgehead atoms. The zero-order valence-corrected chi connectivity index (χ0v) is 36.0. The molecule has 0 saturated heterocycles. The van der Waals surface area contributed by atoms with Crippen molar-refractivity contribution in [3.8, 4) is 34.1 Å². The van der Waals surface area contributed by atoms with E-state index in [-0.39, 0.29) is 45.0 Å². The number of sulfone groups is 1. The lowest BCUT2D eigenvalue weighted by molar-refractivity contribution is -0.432. The van der Waals surface area contributed by atoms with Crippen LogP contribution in [-0.2, 0) is 24.6 Å². The second-order valence-electron chi connectivity index (χ2n) is 14.8. The summed E-state index contributed by atoms with van der Waals surface area (Å²) in [5.74, 6) is -0.502. The molecule has 7 aromatic carbocycles. The first-order chi connectivity index (χ1) is 31.3. The molecule has 0 aliphatic carbocycles. The van der Waals surface area contributed by atoms with Crippen LogP contribution >= 0.6 is 12.0 Å². The number of ketones is 2. The summed E-state index contributed by atoms with van der Waals surface area (Å²) in [6.45, 7) is 1.81. The third-order valence-corrected chi connectivity index (χ3v) is 12.2. The fourth-order valence-electron chi connectivity index (χ4n) is 7.16. The van der Waals surface area contributed by atoms with E-state index in [2.05, 4.69) is 9.37 Å². The predicted molar refractivity (Wildman–Crippen MR) is 232 cm³/mol. The zero-order valence-electron chi connectivity index (χ0n) is 34.4. The monoisotopic (exact) mass is 944 g/mol. The number of aryl methyl sites for hydroxylation is 1. The Morgan fingerprint density at radius 1 is 0.545 bits per heavy atom. The van der Waals surface area contributed by atoms with Crippen molar-refractivity contribution in [3.63, 3.8) is 0 Å². The third-order valence-electron chi connectivity index (χ3n) is 10.5. The van der Waals surface area contributed by atoms with E-state index in [1.165, 1.54) is 48.5 Å². The lowest BCUT2D eigenvalue weighted by Gasteiger charge is -2.38. The number of ether oxygens (including phenoxy) is 2. The van der Waals surface area contributed by atoms with E-state index >= 15 is 0 Å². The topological polar surface area (TPSA) is 125 Å². The van der Waals surface area contributed by atoms with Gasteiger partial charge in [0.2, 0.25) is 5.41 Å².